The Kier molecular flexibility index (Phi) is 5.35. The van der Waals surface area contributed by atoms with Gasteiger partial charge in [0.25, 0.3) is 0 Å². The van der Waals surface area contributed by atoms with Crippen molar-refractivity contribution in [3.8, 4) is 33.2 Å². The van der Waals surface area contributed by atoms with Crippen LogP contribution in [0.1, 0.15) is 27.2 Å². The number of aldehydes is 1. The monoisotopic (exact) mass is 403 g/mol. The number of esters is 1. The summed E-state index contributed by atoms with van der Waals surface area (Å²) in [6, 6.07) is 20.6. The second-order valence-corrected chi connectivity index (χ2v) is 7.18. The summed E-state index contributed by atoms with van der Waals surface area (Å²) in [5.41, 5.74) is 3.14. The Morgan fingerprint density at radius 1 is 1.03 bits per heavy atom. The van der Waals surface area contributed by atoms with E-state index in [2.05, 4.69) is 0 Å². The first-order valence-electron chi connectivity index (χ1n) is 9.08. The predicted molar refractivity (Wildman–Crippen MR) is 112 cm³/mol. The predicted octanol–water partition coefficient (Wildman–Crippen LogP) is 5.73. The molecule has 0 N–H and O–H groups in total. The maximum Gasteiger partial charge on any atom is 0.350 e. The molecule has 2 aromatic carbocycles. The van der Waals surface area contributed by atoms with Crippen LogP contribution in [0.5, 0.6) is 0 Å². The Balaban J connectivity index is 1.78. The number of hydrogen-bond acceptors (Lipinski definition) is 6. The summed E-state index contributed by atoms with van der Waals surface area (Å²) >= 11 is 1.30. The fraction of sp³-hybridized carbons (Fsp3) is 0.0870. The van der Waals surface area contributed by atoms with E-state index in [9.17, 15) is 9.59 Å². The van der Waals surface area contributed by atoms with Crippen molar-refractivity contribution < 1.29 is 18.7 Å². The maximum absolute atomic E-state index is 12.5. The summed E-state index contributed by atoms with van der Waals surface area (Å²) in [6.07, 6.45) is 0.673. The van der Waals surface area contributed by atoms with Gasteiger partial charge in [-0.25, -0.2) is 9.78 Å². The molecule has 0 aliphatic carbocycles. The molecule has 0 spiro atoms. The van der Waals surface area contributed by atoms with E-state index >= 15 is 0 Å². The molecule has 0 saturated heterocycles. The van der Waals surface area contributed by atoms with Crippen LogP contribution in [0, 0.1) is 0 Å². The molecule has 0 fully saturated rings. The Labute approximate surface area is 171 Å². The summed E-state index contributed by atoms with van der Waals surface area (Å²) in [5.74, 6) is 0.489. The van der Waals surface area contributed by atoms with Gasteiger partial charge in [-0.1, -0.05) is 48.5 Å². The normalized spacial score (nSPS) is 10.7. The third-order valence-corrected chi connectivity index (χ3v) is 5.36. The fourth-order valence-corrected chi connectivity index (χ4v) is 3.92. The molecule has 6 heteroatoms. The standard InChI is InChI=1S/C23H17NO4S/c1-2-27-23(26)21-20(15-7-4-3-5-8-15)24-22(29-21)17-10-6-9-16(13-17)19-12-11-18(14-25)28-19/h3-14H,2H2,1H3. The zero-order chi connectivity index (χ0) is 20.2. The zero-order valence-corrected chi connectivity index (χ0v) is 16.4. The van der Waals surface area contributed by atoms with Crippen molar-refractivity contribution in [1.82, 2.24) is 4.98 Å². The molecule has 0 radical (unpaired) electrons. The Morgan fingerprint density at radius 2 is 1.79 bits per heavy atom. The quantitative estimate of drug-likeness (QED) is 0.304. The summed E-state index contributed by atoms with van der Waals surface area (Å²) in [5, 5.41) is 0.705. The molecular formula is C23H17NO4S. The van der Waals surface area contributed by atoms with Crippen LogP contribution in [0.3, 0.4) is 0 Å². The van der Waals surface area contributed by atoms with Gasteiger partial charge in [0, 0.05) is 16.7 Å². The maximum atomic E-state index is 12.5. The van der Waals surface area contributed by atoms with Gasteiger partial charge in [0.15, 0.2) is 12.0 Å². The van der Waals surface area contributed by atoms with Crippen molar-refractivity contribution >= 4 is 23.6 Å². The largest absolute Gasteiger partial charge is 0.462 e. The van der Waals surface area contributed by atoms with Gasteiger partial charge in [0.2, 0.25) is 0 Å². The first-order valence-corrected chi connectivity index (χ1v) is 9.90. The van der Waals surface area contributed by atoms with Crippen LogP contribution < -0.4 is 0 Å². The van der Waals surface area contributed by atoms with E-state index in [0.717, 1.165) is 16.7 Å². The highest BCUT2D eigenvalue weighted by Crippen LogP contribution is 2.36. The number of carbonyl (C=O) groups excluding carboxylic acids is 2. The number of ether oxygens (including phenoxy) is 1. The van der Waals surface area contributed by atoms with Crippen molar-refractivity contribution in [2.24, 2.45) is 0 Å². The number of carbonyl (C=O) groups is 2. The summed E-state index contributed by atoms with van der Waals surface area (Å²) in [7, 11) is 0. The van der Waals surface area contributed by atoms with Gasteiger partial charge in [0.05, 0.1) is 12.3 Å². The minimum Gasteiger partial charge on any atom is -0.462 e. The van der Waals surface area contributed by atoms with Crippen molar-refractivity contribution in [3.05, 3.63) is 77.4 Å². The smallest absolute Gasteiger partial charge is 0.350 e. The van der Waals surface area contributed by atoms with E-state index < -0.39 is 0 Å². The lowest BCUT2D eigenvalue weighted by Crippen LogP contribution is -2.03. The number of benzene rings is 2. The molecule has 2 heterocycles. The molecule has 4 rings (SSSR count). The van der Waals surface area contributed by atoms with E-state index in [0.29, 0.717) is 34.2 Å². The van der Waals surface area contributed by atoms with E-state index in [1.165, 1.54) is 11.3 Å². The van der Waals surface area contributed by atoms with Gasteiger partial charge in [0.1, 0.15) is 15.6 Å². The van der Waals surface area contributed by atoms with Crippen molar-refractivity contribution in [2.45, 2.75) is 6.92 Å². The van der Waals surface area contributed by atoms with Crippen LogP contribution in [-0.2, 0) is 4.74 Å². The molecule has 0 unspecified atom stereocenters. The lowest BCUT2D eigenvalue weighted by atomic mass is 10.1. The van der Waals surface area contributed by atoms with E-state index in [1.807, 2.05) is 54.6 Å². The second-order valence-electron chi connectivity index (χ2n) is 6.18. The number of furan rings is 1. The topological polar surface area (TPSA) is 69.4 Å². The number of aromatic nitrogens is 1. The molecule has 2 aromatic heterocycles. The van der Waals surface area contributed by atoms with Crippen LogP contribution in [-0.4, -0.2) is 23.8 Å². The Hall–Kier alpha value is -3.51. The molecule has 5 nitrogen and oxygen atoms in total. The number of nitrogens with zero attached hydrogens (tertiary/aromatic N) is 1. The highest BCUT2D eigenvalue weighted by Gasteiger charge is 2.21. The minimum atomic E-state index is -0.382. The molecule has 0 aliphatic rings. The SMILES string of the molecule is CCOC(=O)c1sc(-c2cccc(-c3ccc(C=O)o3)c2)nc1-c1ccccc1. The number of hydrogen-bond donors (Lipinski definition) is 0. The van der Waals surface area contributed by atoms with Crippen molar-refractivity contribution in [3.63, 3.8) is 0 Å². The summed E-state index contributed by atoms with van der Waals surface area (Å²) in [6.45, 7) is 2.08. The van der Waals surface area contributed by atoms with E-state index in [1.54, 1.807) is 19.1 Å². The first-order chi connectivity index (χ1) is 14.2. The average molecular weight is 403 g/mol. The van der Waals surface area contributed by atoms with Gasteiger partial charge in [-0.15, -0.1) is 11.3 Å². The Bertz CT molecular complexity index is 1160. The highest BCUT2D eigenvalue weighted by molar-refractivity contribution is 7.17. The van der Waals surface area contributed by atoms with Crippen molar-refractivity contribution in [2.75, 3.05) is 6.61 Å². The van der Waals surface area contributed by atoms with Gasteiger partial charge in [-0.2, -0.15) is 0 Å². The molecule has 0 aliphatic heterocycles. The first kappa shape index (κ1) is 18.8. The lowest BCUT2D eigenvalue weighted by molar-refractivity contribution is 0.0532. The average Bonchev–Trinajstić information content (AvgIpc) is 3.42. The van der Waals surface area contributed by atoms with Gasteiger partial charge in [-0.3, -0.25) is 4.79 Å². The van der Waals surface area contributed by atoms with E-state index in [4.69, 9.17) is 14.1 Å². The summed E-state index contributed by atoms with van der Waals surface area (Å²) in [4.78, 5) is 28.6. The zero-order valence-electron chi connectivity index (χ0n) is 15.6. The van der Waals surface area contributed by atoms with Crippen LogP contribution in [0.15, 0.2) is 71.1 Å². The van der Waals surface area contributed by atoms with Crippen LogP contribution in [0.25, 0.3) is 33.2 Å². The molecule has 0 saturated carbocycles. The second kappa shape index (κ2) is 8.24. The third kappa shape index (κ3) is 3.88. The molecule has 4 aromatic rings. The lowest BCUT2D eigenvalue weighted by Gasteiger charge is -2.01. The van der Waals surface area contributed by atoms with Gasteiger partial charge in [-0.05, 0) is 25.1 Å². The van der Waals surface area contributed by atoms with Gasteiger partial charge >= 0.3 is 5.97 Å². The highest BCUT2D eigenvalue weighted by atomic mass is 32.1. The van der Waals surface area contributed by atoms with Crippen molar-refractivity contribution in [1.29, 1.82) is 0 Å². The molecule has 29 heavy (non-hydrogen) atoms. The van der Waals surface area contributed by atoms with Crippen LogP contribution >= 0.6 is 11.3 Å². The summed E-state index contributed by atoms with van der Waals surface area (Å²) < 4.78 is 10.7. The molecule has 144 valence electrons. The number of thiazole rings is 1. The minimum absolute atomic E-state index is 0.274. The Morgan fingerprint density at radius 3 is 2.52 bits per heavy atom. The van der Waals surface area contributed by atoms with Crippen LogP contribution in [0.2, 0.25) is 0 Å². The fourth-order valence-electron chi connectivity index (χ4n) is 2.95. The third-order valence-electron chi connectivity index (χ3n) is 4.27. The molecular weight excluding hydrogens is 386 g/mol. The molecule has 0 atom stereocenters. The number of rotatable bonds is 6. The van der Waals surface area contributed by atoms with Crippen LogP contribution in [0.4, 0.5) is 0 Å². The molecule has 0 bridgehead atoms. The molecule has 0 amide bonds. The van der Waals surface area contributed by atoms with Gasteiger partial charge < -0.3 is 9.15 Å². The van der Waals surface area contributed by atoms with E-state index in [-0.39, 0.29) is 11.7 Å².